The zero-order valence-electron chi connectivity index (χ0n) is 15.3. The smallest absolute Gasteiger partial charge is 0.335 e. The lowest BCUT2D eigenvalue weighted by atomic mass is 9.82. The number of carbonyl (C=O) groups is 3. The van der Waals surface area contributed by atoms with E-state index in [9.17, 15) is 14.4 Å². The second-order valence-electron chi connectivity index (χ2n) is 6.64. The van der Waals surface area contributed by atoms with Crippen LogP contribution in [0.3, 0.4) is 0 Å². The molecule has 0 unspecified atom stereocenters. The summed E-state index contributed by atoms with van der Waals surface area (Å²) in [5.74, 6) is -2.79. The number of esters is 1. The van der Waals surface area contributed by atoms with Crippen LogP contribution >= 0.6 is 0 Å². The normalized spacial score (nSPS) is 20.3. The zero-order valence-corrected chi connectivity index (χ0v) is 15.3. The van der Waals surface area contributed by atoms with Gasteiger partial charge in [-0.1, -0.05) is 25.1 Å². The fraction of sp³-hybridized carbons (Fsp3) is 0.450. The van der Waals surface area contributed by atoms with E-state index in [1.165, 1.54) is 12.1 Å². The van der Waals surface area contributed by atoms with Crippen LogP contribution in [-0.2, 0) is 14.3 Å². The number of carboxylic acids is 1. The van der Waals surface area contributed by atoms with Crippen molar-refractivity contribution in [2.24, 2.45) is 11.8 Å². The molecule has 0 aromatic heterocycles. The van der Waals surface area contributed by atoms with Gasteiger partial charge >= 0.3 is 11.9 Å². The molecule has 0 radical (unpaired) electrons. The Kier molecular flexibility index (Phi) is 6.55. The molecule has 1 aliphatic carbocycles. The lowest BCUT2D eigenvalue weighted by molar-refractivity contribution is -0.157. The largest absolute Gasteiger partial charge is 0.478 e. The first-order valence-electron chi connectivity index (χ1n) is 8.83. The Morgan fingerprint density at radius 1 is 1.23 bits per heavy atom. The SMILES string of the molecule is CC[C@@H](C)OC(=O)[C@H]1CC=CC[C@@H]1C(=O)Nc1cc(C(=O)O)ccc1C. The summed E-state index contributed by atoms with van der Waals surface area (Å²) < 4.78 is 5.41. The minimum absolute atomic E-state index is 0.0992. The third-order valence-electron chi connectivity index (χ3n) is 4.71. The van der Waals surface area contributed by atoms with E-state index >= 15 is 0 Å². The average molecular weight is 359 g/mol. The molecular formula is C20H25NO5. The molecule has 1 aliphatic rings. The van der Waals surface area contributed by atoms with Crippen molar-refractivity contribution < 1.29 is 24.2 Å². The lowest BCUT2D eigenvalue weighted by Crippen LogP contribution is -2.36. The molecule has 0 saturated carbocycles. The molecule has 3 atom stereocenters. The van der Waals surface area contributed by atoms with E-state index in [1.54, 1.807) is 13.0 Å². The second-order valence-corrected chi connectivity index (χ2v) is 6.64. The van der Waals surface area contributed by atoms with Crippen LogP contribution in [0, 0.1) is 18.8 Å². The summed E-state index contributed by atoms with van der Waals surface area (Å²) in [4.78, 5) is 36.3. The van der Waals surface area contributed by atoms with Gasteiger partial charge in [0.05, 0.1) is 23.5 Å². The second kappa shape index (κ2) is 8.65. The molecule has 1 aromatic carbocycles. The van der Waals surface area contributed by atoms with Crippen molar-refractivity contribution in [2.75, 3.05) is 5.32 Å². The number of amides is 1. The third-order valence-corrected chi connectivity index (χ3v) is 4.71. The number of hydrogen-bond donors (Lipinski definition) is 2. The van der Waals surface area contributed by atoms with Gasteiger partial charge in [0.25, 0.3) is 0 Å². The van der Waals surface area contributed by atoms with Crippen LogP contribution < -0.4 is 5.32 Å². The summed E-state index contributed by atoms with van der Waals surface area (Å²) in [6.45, 7) is 5.55. The predicted molar refractivity (Wildman–Crippen MR) is 98.0 cm³/mol. The molecular weight excluding hydrogens is 334 g/mol. The molecule has 6 heteroatoms. The fourth-order valence-corrected chi connectivity index (χ4v) is 2.85. The van der Waals surface area contributed by atoms with E-state index in [0.717, 1.165) is 5.56 Å². The van der Waals surface area contributed by atoms with Gasteiger partial charge in [-0.2, -0.15) is 0 Å². The van der Waals surface area contributed by atoms with Crippen LogP contribution in [0.2, 0.25) is 0 Å². The Morgan fingerprint density at radius 3 is 2.50 bits per heavy atom. The first-order chi connectivity index (χ1) is 12.3. The summed E-state index contributed by atoms with van der Waals surface area (Å²) in [6.07, 6.45) is 5.21. The van der Waals surface area contributed by atoms with Crippen molar-refractivity contribution >= 4 is 23.5 Å². The monoisotopic (exact) mass is 359 g/mol. The van der Waals surface area contributed by atoms with Gasteiger partial charge in [-0.15, -0.1) is 0 Å². The molecule has 6 nitrogen and oxygen atoms in total. The average Bonchev–Trinajstić information content (AvgIpc) is 2.63. The lowest BCUT2D eigenvalue weighted by Gasteiger charge is -2.27. The van der Waals surface area contributed by atoms with E-state index in [0.29, 0.717) is 24.9 Å². The minimum atomic E-state index is -1.06. The van der Waals surface area contributed by atoms with Crippen molar-refractivity contribution in [3.05, 3.63) is 41.5 Å². The highest BCUT2D eigenvalue weighted by Gasteiger charge is 2.35. The van der Waals surface area contributed by atoms with E-state index in [-0.39, 0.29) is 23.5 Å². The number of anilines is 1. The topological polar surface area (TPSA) is 92.7 Å². The first-order valence-corrected chi connectivity index (χ1v) is 8.83. The van der Waals surface area contributed by atoms with Gasteiger partial charge in [-0.05, 0) is 50.8 Å². The standard InChI is InChI=1S/C20H25NO5/c1-4-13(3)26-20(25)16-8-6-5-7-15(16)18(22)21-17-11-14(19(23)24)10-9-12(17)2/h5-6,9-11,13,15-16H,4,7-8H2,1-3H3,(H,21,22)(H,23,24)/t13-,15+,16+/m1/s1. The highest BCUT2D eigenvalue weighted by atomic mass is 16.5. The first kappa shape index (κ1) is 19.7. The molecule has 1 amide bonds. The van der Waals surface area contributed by atoms with Gasteiger partial charge in [0, 0.05) is 5.69 Å². The number of hydrogen-bond acceptors (Lipinski definition) is 4. The Bertz CT molecular complexity index is 725. The van der Waals surface area contributed by atoms with Crippen LogP contribution in [0.25, 0.3) is 0 Å². The minimum Gasteiger partial charge on any atom is -0.478 e. The van der Waals surface area contributed by atoms with Crippen LogP contribution in [-0.4, -0.2) is 29.1 Å². The van der Waals surface area contributed by atoms with E-state index in [4.69, 9.17) is 9.84 Å². The summed E-state index contributed by atoms with van der Waals surface area (Å²) in [5, 5.41) is 11.9. The summed E-state index contributed by atoms with van der Waals surface area (Å²) >= 11 is 0. The molecule has 2 rings (SSSR count). The van der Waals surface area contributed by atoms with Crippen LogP contribution in [0.5, 0.6) is 0 Å². The number of carboxylic acid groups (broad SMARTS) is 1. The highest BCUT2D eigenvalue weighted by Crippen LogP contribution is 2.29. The summed E-state index contributed by atoms with van der Waals surface area (Å²) in [7, 11) is 0. The van der Waals surface area contributed by atoms with Gasteiger partial charge in [0.1, 0.15) is 0 Å². The Morgan fingerprint density at radius 2 is 1.88 bits per heavy atom. The number of aryl methyl sites for hydroxylation is 1. The Labute approximate surface area is 153 Å². The van der Waals surface area contributed by atoms with Gasteiger partial charge < -0.3 is 15.2 Å². The molecule has 0 heterocycles. The maximum absolute atomic E-state index is 12.8. The van der Waals surface area contributed by atoms with E-state index in [1.807, 2.05) is 26.0 Å². The Hall–Kier alpha value is -2.63. The molecule has 0 saturated heterocycles. The molecule has 0 bridgehead atoms. The Balaban J connectivity index is 2.16. The zero-order chi connectivity index (χ0) is 19.3. The maximum Gasteiger partial charge on any atom is 0.335 e. The van der Waals surface area contributed by atoms with E-state index < -0.39 is 17.8 Å². The van der Waals surface area contributed by atoms with Crippen molar-refractivity contribution in [3.63, 3.8) is 0 Å². The van der Waals surface area contributed by atoms with Crippen LogP contribution in [0.1, 0.15) is 49.0 Å². The van der Waals surface area contributed by atoms with Crippen LogP contribution in [0.4, 0.5) is 5.69 Å². The van der Waals surface area contributed by atoms with Gasteiger partial charge in [0.15, 0.2) is 0 Å². The molecule has 0 fully saturated rings. The summed E-state index contributed by atoms with van der Waals surface area (Å²) in [5.41, 5.74) is 1.30. The summed E-state index contributed by atoms with van der Waals surface area (Å²) in [6, 6.07) is 4.57. The molecule has 2 N–H and O–H groups in total. The van der Waals surface area contributed by atoms with Gasteiger partial charge in [-0.3, -0.25) is 9.59 Å². The number of rotatable bonds is 6. The number of benzene rings is 1. The maximum atomic E-state index is 12.8. The van der Waals surface area contributed by atoms with Gasteiger partial charge in [-0.25, -0.2) is 4.79 Å². The number of carbonyl (C=O) groups excluding carboxylic acids is 2. The van der Waals surface area contributed by atoms with Gasteiger partial charge in [0.2, 0.25) is 5.91 Å². The predicted octanol–water partition coefficient (Wildman–Crippen LogP) is 3.56. The third kappa shape index (κ3) is 4.71. The number of nitrogens with one attached hydrogen (secondary N) is 1. The number of ether oxygens (including phenoxy) is 1. The molecule has 0 spiro atoms. The highest BCUT2D eigenvalue weighted by molar-refractivity contribution is 5.97. The quantitative estimate of drug-likeness (QED) is 0.598. The van der Waals surface area contributed by atoms with Crippen molar-refractivity contribution in [1.82, 2.24) is 0 Å². The van der Waals surface area contributed by atoms with Crippen LogP contribution in [0.15, 0.2) is 30.4 Å². The molecule has 140 valence electrons. The molecule has 0 aliphatic heterocycles. The van der Waals surface area contributed by atoms with E-state index in [2.05, 4.69) is 5.32 Å². The van der Waals surface area contributed by atoms with Crippen molar-refractivity contribution in [2.45, 2.75) is 46.1 Å². The molecule has 1 aromatic rings. The van der Waals surface area contributed by atoms with Crippen molar-refractivity contribution in [1.29, 1.82) is 0 Å². The van der Waals surface area contributed by atoms with Crippen molar-refractivity contribution in [3.8, 4) is 0 Å². The number of allylic oxidation sites excluding steroid dienone is 2. The molecule has 26 heavy (non-hydrogen) atoms. The number of aromatic carboxylic acids is 1. The fourth-order valence-electron chi connectivity index (χ4n) is 2.85.